The molecule has 1 spiro atoms. The van der Waals surface area contributed by atoms with Gasteiger partial charge in [-0.2, -0.15) is 9.97 Å². The van der Waals surface area contributed by atoms with Crippen LogP contribution < -0.4 is 9.64 Å². The van der Waals surface area contributed by atoms with Gasteiger partial charge in [-0.15, -0.1) is 0 Å². The largest absolute Gasteiger partial charge is 0.463 e. The Morgan fingerprint density at radius 1 is 1.28 bits per heavy atom. The molecule has 3 fully saturated rings. The Hall–Kier alpha value is -1.81. The Morgan fingerprint density at radius 3 is 2.79 bits per heavy atom. The van der Waals surface area contributed by atoms with E-state index in [2.05, 4.69) is 15.0 Å². The number of rotatable bonds is 5. The van der Waals surface area contributed by atoms with Crippen molar-refractivity contribution in [1.29, 1.82) is 0 Å². The van der Waals surface area contributed by atoms with Crippen LogP contribution in [-0.2, 0) is 9.47 Å². The van der Waals surface area contributed by atoms with E-state index in [1.807, 2.05) is 4.90 Å². The van der Waals surface area contributed by atoms with E-state index in [9.17, 15) is 9.50 Å². The predicted molar refractivity (Wildman–Crippen MR) is 103 cm³/mol. The van der Waals surface area contributed by atoms with E-state index in [0.29, 0.717) is 44.1 Å². The van der Waals surface area contributed by atoms with Crippen LogP contribution in [0.25, 0.3) is 10.9 Å². The van der Waals surface area contributed by atoms with Crippen LogP contribution in [-0.4, -0.2) is 71.8 Å². The minimum Gasteiger partial charge on any atom is -0.463 e. The highest BCUT2D eigenvalue weighted by Crippen LogP contribution is 2.45. The number of nitrogens with zero attached hydrogens (tertiary/aromatic N) is 4. The first-order chi connectivity index (χ1) is 14.0. The molecule has 0 aromatic carbocycles. The lowest BCUT2D eigenvalue weighted by Crippen LogP contribution is -2.54. The van der Waals surface area contributed by atoms with E-state index >= 15 is 0 Å². The predicted octanol–water partition coefficient (Wildman–Crippen LogP) is 1.96. The van der Waals surface area contributed by atoms with Gasteiger partial charge in [0, 0.05) is 24.6 Å². The van der Waals surface area contributed by atoms with Crippen LogP contribution in [0.3, 0.4) is 0 Å². The highest BCUT2D eigenvalue weighted by atomic mass is 35.5. The fourth-order valence-electron chi connectivity index (χ4n) is 3.76. The third-order valence-electron chi connectivity index (χ3n) is 6.02. The molecule has 0 amide bonds. The molecule has 8 nitrogen and oxygen atoms in total. The van der Waals surface area contributed by atoms with Gasteiger partial charge in [-0.05, 0) is 12.8 Å². The van der Waals surface area contributed by atoms with Crippen molar-refractivity contribution >= 4 is 28.3 Å². The van der Waals surface area contributed by atoms with Gasteiger partial charge in [0.15, 0.2) is 11.0 Å². The molecule has 5 rings (SSSR count). The number of halogens is 2. The molecule has 3 aliphatic rings. The Balaban J connectivity index is 1.54. The molecule has 1 unspecified atom stereocenters. The highest BCUT2D eigenvalue weighted by Gasteiger charge is 2.44. The Bertz CT molecular complexity index is 938. The molecule has 2 aromatic heterocycles. The molecule has 1 N–H and O–H groups in total. The van der Waals surface area contributed by atoms with E-state index < -0.39 is 5.82 Å². The van der Waals surface area contributed by atoms with Gasteiger partial charge >= 0.3 is 6.01 Å². The number of aliphatic hydroxyl groups excluding tert-OH is 1. The first-order valence-corrected chi connectivity index (χ1v) is 10.1. The molecule has 2 aromatic rings. The maximum Gasteiger partial charge on any atom is 0.319 e. The zero-order chi connectivity index (χ0) is 20.1. The van der Waals surface area contributed by atoms with Crippen molar-refractivity contribution in [3.05, 3.63) is 17.2 Å². The van der Waals surface area contributed by atoms with Gasteiger partial charge in [0.2, 0.25) is 0 Å². The minimum atomic E-state index is -0.707. The Kier molecular flexibility index (Phi) is 4.73. The van der Waals surface area contributed by atoms with Gasteiger partial charge in [-0.1, -0.05) is 11.6 Å². The van der Waals surface area contributed by atoms with Crippen molar-refractivity contribution in [2.75, 3.05) is 51.0 Å². The second-order valence-corrected chi connectivity index (χ2v) is 8.52. The summed E-state index contributed by atoms with van der Waals surface area (Å²) in [5, 5.41) is 9.73. The molecule has 1 saturated carbocycles. The molecule has 29 heavy (non-hydrogen) atoms. The second kappa shape index (κ2) is 7.16. The SMILES string of the molecule is OCC1(COc2nc(N3CCOCC4(CCO4)C3)c3cnc(Cl)c(F)c3n2)CC1. The van der Waals surface area contributed by atoms with Crippen LogP contribution in [0.15, 0.2) is 6.20 Å². The first-order valence-electron chi connectivity index (χ1n) is 9.75. The number of pyridine rings is 1. The van der Waals surface area contributed by atoms with E-state index in [-0.39, 0.29) is 40.9 Å². The molecular weight excluding hydrogens is 403 g/mol. The number of hydrogen-bond donors (Lipinski definition) is 1. The maximum absolute atomic E-state index is 14.7. The summed E-state index contributed by atoms with van der Waals surface area (Å²) >= 11 is 5.89. The zero-order valence-electron chi connectivity index (χ0n) is 15.9. The number of fused-ring (bicyclic) bond motifs is 1. The molecular formula is C19H22ClFN4O4. The number of aliphatic hydroxyl groups is 1. The van der Waals surface area contributed by atoms with E-state index in [0.717, 1.165) is 19.3 Å². The molecule has 2 aliphatic heterocycles. The van der Waals surface area contributed by atoms with Crippen LogP contribution in [0.2, 0.25) is 5.15 Å². The fraction of sp³-hybridized carbons (Fsp3) is 0.632. The van der Waals surface area contributed by atoms with E-state index in [4.69, 9.17) is 25.8 Å². The molecule has 1 atom stereocenters. The monoisotopic (exact) mass is 424 g/mol. The summed E-state index contributed by atoms with van der Waals surface area (Å²) in [6.45, 7) is 3.19. The van der Waals surface area contributed by atoms with Crippen molar-refractivity contribution in [2.24, 2.45) is 5.41 Å². The van der Waals surface area contributed by atoms with Crippen LogP contribution in [0.1, 0.15) is 19.3 Å². The topological polar surface area (TPSA) is 89.8 Å². The van der Waals surface area contributed by atoms with Gasteiger partial charge < -0.3 is 24.2 Å². The highest BCUT2D eigenvalue weighted by molar-refractivity contribution is 6.30. The molecule has 156 valence electrons. The van der Waals surface area contributed by atoms with Crippen LogP contribution in [0.5, 0.6) is 6.01 Å². The lowest BCUT2D eigenvalue weighted by Gasteiger charge is -2.42. The van der Waals surface area contributed by atoms with Gasteiger partial charge in [0.05, 0.1) is 45.0 Å². The molecule has 1 aliphatic carbocycles. The number of anilines is 1. The number of aromatic nitrogens is 3. The quantitative estimate of drug-likeness (QED) is 0.728. The summed E-state index contributed by atoms with van der Waals surface area (Å²) in [7, 11) is 0. The standard InChI is InChI=1S/C19H22ClFN4O4/c20-15-13(21)14-12(7-22-15)16(24-17(23-14)28-10-18(9-26)1-2-18)25-4-6-27-11-19(8-25)3-5-29-19/h7,26H,1-6,8-11H2. The average Bonchev–Trinajstić information content (AvgIpc) is 3.51. The summed E-state index contributed by atoms with van der Waals surface area (Å²) in [4.78, 5) is 14.8. The maximum atomic E-state index is 14.7. The minimum absolute atomic E-state index is 0.0425. The van der Waals surface area contributed by atoms with Gasteiger partial charge in [-0.3, -0.25) is 0 Å². The number of ether oxygens (including phenoxy) is 3. The summed E-state index contributed by atoms with van der Waals surface area (Å²) in [5.41, 5.74) is -0.553. The summed E-state index contributed by atoms with van der Waals surface area (Å²) in [6.07, 6.45) is 4.15. The molecule has 10 heteroatoms. The van der Waals surface area contributed by atoms with Crippen LogP contribution in [0, 0.1) is 11.2 Å². The average molecular weight is 425 g/mol. The lowest BCUT2D eigenvalue weighted by atomic mass is 9.95. The normalized spacial score (nSPS) is 25.7. The lowest BCUT2D eigenvalue weighted by molar-refractivity contribution is -0.167. The third-order valence-corrected chi connectivity index (χ3v) is 6.28. The van der Waals surface area contributed by atoms with E-state index in [1.165, 1.54) is 6.20 Å². The molecule has 0 bridgehead atoms. The van der Waals surface area contributed by atoms with Crippen molar-refractivity contribution < 1.29 is 23.7 Å². The summed E-state index contributed by atoms with van der Waals surface area (Å²) < 4.78 is 32.1. The smallest absolute Gasteiger partial charge is 0.319 e. The van der Waals surface area contributed by atoms with Gasteiger partial charge in [-0.25, -0.2) is 9.37 Å². The van der Waals surface area contributed by atoms with Crippen molar-refractivity contribution in [3.63, 3.8) is 0 Å². The zero-order valence-corrected chi connectivity index (χ0v) is 16.6. The van der Waals surface area contributed by atoms with Crippen LogP contribution >= 0.6 is 11.6 Å². The molecule has 4 heterocycles. The first kappa shape index (κ1) is 19.2. The second-order valence-electron chi connectivity index (χ2n) is 8.16. The van der Waals surface area contributed by atoms with Crippen molar-refractivity contribution in [1.82, 2.24) is 15.0 Å². The summed E-state index contributed by atoms with van der Waals surface area (Å²) in [5.74, 6) is -0.191. The van der Waals surface area contributed by atoms with Crippen LogP contribution in [0.4, 0.5) is 10.2 Å². The number of hydrogen-bond acceptors (Lipinski definition) is 8. The fourth-order valence-corrected chi connectivity index (χ4v) is 3.90. The Labute approximate surface area is 171 Å². The van der Waals surface area contributed by atoms with E-state index in [1.54, 1.807) is 0 Å². The van der Waals surface area contributed by atoms with Crippen molar-refractivity contribution in [3.8, 4) is 6.01 Å². The van der Waals surface area contributed by atoms with Gasteiger partial charge in [0.25, 0.3) is 0 Å². The molecule has 2 saturated heterocycles. The van der Waals surface area contributed by atoms with Gasteiger partial charge in [0.1, 0.15) is 16.9 Å². The third kappa shape index (κ3) is 3.50. The Morgan fingerprint density at radius 2 is 2.10 bits per heavy atom. The summed E-state index contributed by atoms with van der Waals surface area (Å²) in [6, 6.07) is 0.0575. The van der Waals surface area contributed by atoms with Crippen molar-refractivity contribution in [2.45, 2.75) is 24.9 Å². The molecule has 0 radical (unpaired) electrons.